The number of hydrogen-bond donors (Lipinski definition) is 1. The van der Waals surface area contributed by atoms with Crippen LogP contribution in [0.25, 0.3) is 10.8 Å². The van der Waals surface area contributed by atoms with Gasteiger partial charge in [0.1, 0.15) is 5.75 Å². The minimum Gasteiger partial charge on any atom is -0.496 e. The summed E-state index contributed by atoms with van der Waals surface area (Å²) in [6.45, 7) is 3.16. The van der Waals surface area contributed by atoms with Crippen LogP contribution in [-0.4, -0.2) is 19.6 Å². The Hall–Kier alpha value is -2.85. The second kappa shape index (κ2) is 8.50. The second-order valence-electron chi connectivity index (χ2n) is 6.06. The van der Waals surface area contributed by atoms with Crippen LogP contribution in [0.1, 0.15) is 29.3 Å². The molecule has 134 valence electrons. The van der Waals surface area contributed by atoms with E-state index < -0.39 is 0 Å². The molecule has 0 spiro atoms. The van der Waals surface area contributed by atoms with Crippen LogP contribution in [0, 0.1) is 0 Å². The number of hydrogen-bond acceptors (Lipinski definition) is 3. The maximum absolute atomic E-state index is 12.7. The molecule has 0 aromatic heterocycles. The first-order chi connectivity index (χ1) is 12.7. The zero-order valence-corrected chi connectivity index (χ0v) is 15.1. The van der Waals surface area contributed by atoms with Crippen LogP contribution in [0.3, 0.4) is 0 Å². The Bertz CT molecular complexity index is 900. The van der Waals surface area contributed by atoms with Crippen molar-refractivity contribution in [1.29, 1.82) is 0 Å². The van der Waals surface area contributed by atoms with E-state index in [9.17, 15) is 4.79 Å². The molecule has 0 fully saturated rings. The van der Waals surface area contributed by atoms with Crippen LogP contribution >= 0.6 is 0 Å². The molecule has 4 nitrogen and oxygen atoms in total. The molecule has 3 rings (SSSR count). The van der Waals surface area contributed by atoms with Gasteiger partial charge in [-0.15, -0.1) is 0 Å². The summed E-state index contributed by atoms with van der Waals surface area (Å²) < 4.78 is 11.0. The van der Waals surface area contributed by atoms with Gasteiger partial charge >= 0.3 is 0 Å². The van der Waals surface area contributed by atoms with Crippen molar-refractivity contribution in [3.8, 4) is 5.75 Å². The highest BCUT2D eigenvalue weighted by molar-refractivity contribution is 6.09. The molecule has 1 N–H and O–H groups in total. The SMILES string of the molecule is CCCOCc1cc(C(=O)Nc2cccc3ccccc23)ccc1OC. The molecule has 0 aliphatic rings. The van der Waals surface area contributed by atoms with Gasteiger partial charge in [0.15, 0.2) is 0 Å². The first-order valence-electron chi connectivity index (χ1n) is 8.76. The molecule has 4 heteroatoms. The number of carbonyl (C=O) groups is 1. The van der Waals surface area contributed by atoms with Crippen LogP contribution in [0.2, 0.25) is 0 Å². The fourth-order valence-corrected chi connectivity index (χ4v) is 2.89. The largest absolute Gasteiger partial charge is 0.496 e. The van der Waals surface area contributed by atoms with Gasteiger partial charge in [-0.2, -0.15) is 0 Å². The summed E-state index contributed by atoms with van der Waals surface area (Å²) in [4.78, 5) is 12.7. The average Bonchev–Trinajstić information content (AvgIpc) is 2.68. The number of anilines is 1. The van der Waals surface area contributed by atoms with Gasteiger partial charge in [0.05, 0.1) is 13.7 Å². The van der Waals surface area contributed by atoms with Gasteiger partial charge in [-0.25, -0.2) is 0 Å². The average molecular weight is 349 g/mol. The van der Waals surface area contributed by atoms with Gasteiger partial charge in [0, 0.05) is 28.8 Å². The molecule has 0 aliphatic heterocycles. The highest BCUT2D eigenvalue weighted by Crippen LogP contribution is 2.25. The van der Waals surface area contributed by atoms with Gasteiger partial charge < -0.3 is 14.8 Å². The molecule has 0 bridgehead atoms. The van der Waals surface area contributed by atoms with Crippen molar-refractivity contribution in [2.75, 3.05) is 19.0 Å². The number of benzene rings is 3. The predicted octanol–water partition coefficient (Wildman–Crippen LogP) is 5.03. The summed E-state index contributed by atoms with van der Waals surface area (Å²) in [5.74, 6) is 0.573. The first kappa shape index (κ1) is 18.0. The lowest BCUT2D eigenvalue weighted by atomic mass is 10.1. The molecular formula is C22H23NO3. The van der Waals surface area contributed by atoms with E-state index in [1.807, 2.05) is 54.6 Å². The molecule has 3 aromatic carbocycles. The molecule has 3 aromatic rings. The molecule has 0 heterocycles. The molecule has 0 atom stereocenters. The van der Waals surface area contributed by atoms with Gasteiger partial charge in [-0.3, -0.25) is 4.79 Å². The predicted molar refractivity (Wildman–Crippen MR) is 105 cm³/mol. The summed E-state index contributed by atoms with van der Waals surface area (Å²) in [6, 6.07) is 19.3. The fourth-order valence-electron chi connectivity index (χ4n) is 2.89. The van der Waals surface area contributed by atoms with Crippen molar-refractivity contribution >= 4 is 22.4 Å². The van der Waals surface area contributed by atoms with Crippen molar-refractivity contribution in [3.63, 3.8) is 0 Å². The minimum atomic E-state index is -0.152. The molecule has 26 heavy (non-hydrogen) atoms. The van der Waals surface area contributed by atoms with Gasteiger partial charge in [0.25, 0.3) is 5.91 Å². The van der Waals surface area contributed by atoms with Crippen molar-refractivity contribution in [1.82, 2.24) is 0 Å². The lowest BCUT2D eigenvalue weighted by molar-refractivity contribution is 0.102. The number of rotatable bonds is 7. The minimum absolute atomic E-state index is 0.152. The van der Waals surface area contributed by atoms with Crippen LogP contribution in [0.15, 0.2) is 60.7 Å². The molecule has 0 unspecified atom stereocenters. The topological polar surface area (TPSA) is 47.6 Å². The van der Waals surface area contributed by atoms with E-state index >= 15 is 0 Å². The van der Waals surface area contributed by atoms with E-state index in [2.05, 4.69) is 12.2 Å². The van der Waals surface area contributed by atoms with Crippen LogP contribution in [0.4, 0.5) is 5.69 Å². The zero-order chi connectivity index (χ0) is 18.4. The monoisotopic (exact) mass is 349 g/mol. The maximum atomic E-state index is 12.7. The highest BCUT2D eigenvalue weighted by Gasteiger charge is 2.12. The molecule has 0 aliphatic carbocycles. The van der Waals surface area contributed by atoms with Crippen LogP contribution in [0.5, 0.6) is 5.75 Å². The third-order valence-electron chi connectivity index (χ3n) is 4.19. The van der Waals surface area contributed by atoms with Crippen molar-refractivity contribution in [3.05, 3.63) is 71.8 Å². The third kappa shape index (κ3) is 4.03. The number of carbonyl (C=O) groups excluding carboxylic acids is 1. The Morgan fingerprint density at radius 3 is 2.65 bits per heavy atom. The molecule has 0 radical (unpaired) electrons. The summed E-state index contributed by atoms with van der Waals surface area (Å²) in [7, 11) is 1.62. The van der Waals surface area contributed by atoms with Gasteiger partial charge in [-0.1, -0.05) is 43.3 Å². The van der Waals surface area contributed by atoms with Crippen molar-refractivity contribution in [2.24, 2.45) is 0 Å². The Morgan fingerprint density at radius 2 is 1.85 bits per heavy atom. The number of ether oxygens (including phenoxy) is 2. The lowest BCUT2D eigenvalue weighted by Gasteiger charge is -2.12. The summed E-state index contributed by atoms with van der Waals surface area (Å²) in [5, 5.41) is 5.12. The molecule has 0 saturated carbocycles. The number of fused-ring (bicyclic) bond motifs is 1. The Balaban J connectivity index is 1.84. The number of methoxy groups -OCH3 is 1. The van der Waals surface area contributed by atoms with Gasteiger partial charge in [-0.05, 0) is 36.1 Å². The Kier molecular flexibility index (Phi) is 5.87. The number of amides is 1. The van der Waals surface area contributed by atoms with Crippen molar-refractivity contribution in [2.45, 2.75) is 20.0 Å². The fraction of sp³-hybridized carbons (Fsp3) is 0.227. The molecular weight excluding hydrogens is 326 g/mol. The normalized spacial score (nSPS) is 10.7. The van der Waals surface area contributed by atoms with E-state index in [-0.39, 0.29) is 5.91 Å². The molecule has 0 saturated heterocycles. The Morgan fingerprint density at radius 1 is 1.04 bits per heavy atom. The first-order valence-corrected chi connectivity index (χ1v) is 8.76. The van der Waals surface area contributed by atoms with Crippen LogP contribution < -0.4 is 10.1 Å². The zero-order valence-electron chi connectivity index (χ0n) is 15.1. The maximum Gasteiger partial charge on any atom is 0.255 e. The summed E-state index contributed by atoms with van der Waals surface area (Å²) in [5.41, 5.74) is 2.24. The smallest absolute Gasteiger partial charge is 0.255 e. The van der Waals surface area contributed by atoms with Crippen LogP contribution in [-0.2, 0) is 11.3 Å². The summed E-state index contributed by atoms with van der Waals surface area (Å²) in [6.07, 6.45) is 0.948. The van der Waals surface area contributed by atoms with E-state index in [1.54, 1.807) is 13.2 Å². The van der Waals surface area contributed by atoms with Crippen molar-refractivity contribution < 1.29 is 14.3 Å². The van der Waals surface area contributed by atoms with E-state index in [0.717, 1.165) is 34.2 Å². The van der Waals surface area contributed by atoms with E-state index in [0.29, 0.717) is 18.8 Å². The quantitative estimate of drug-likeness (QED) is 0.609. The number of nitrogens with one attached hydrogen (secondary N) is 1. The Labute approximate surface area is 153 Å². The second-order valence-corrected chi connectivity index (χ2v) is 6.06. The molecule has 1 amide bonds. The standard InChI is InChI=1S/C22H23NO3/c1-3-13-26-15-18-14-17(11-12-21(18)25-2)22(24)23-20-10-6-8-16-7-4-5-9-19(16)20/h4-12,14H,3,13,15H2,1-2H3,(H,23,24). The van der Waals surface area contributed by atoms with Gasteiger partial charge in [0.2, 0.25) is 0 Å². The van der Waals surface area contributed by atoms with E-state index in [1.165, 1.54) is 0 Å². The van der Waals surface area contributed by atoms with E-state index in [4.69, 9.17) is 9.47 Å². The highest BCUT2D eigenvalue weighted by atomic mass is 16.5. The summed E-state index contributed by atoms with van der Waals surface area (Å²) >= 11 is 0. The third-order valence-corrected chi connectivity index (χ3v) is 4.19. The lowest BCUT2D eigenvalue weighted by Crippen LogP contribution is -2.13.